The number of halogens is 2. The van der Waals surface area contributed by atoms with E-state index in [2.05, 4.69) is 15.6 Å². The topological polar surface area (TPSA) is 97.1 Å². The molecule has 1 aromatic carbocycles. The first kappa shape index (κ1) is 16.5. The number of carbonyl (C=O) groups excluding carboxylic acids is 2. The number of amides is 2. The highest BCUT2D eigenvalue weighted by molar-refractivity contribution is 6.40. The summed E-state index contributed by atoms with van der Waals surface area (Å²) < 4.78 is 0. The second-order valence-corrected chi connectivity index (χ2v) is 6.32. The van der Waals surface area contributed by atoms with E-state index < -0.39 is 5.91 Å². The number of hydrogen-bond acceptors (Lipinski definition) is 4. The Hall–Kier alpha value is -2.31. The van der Waals surface area contributed by atoms with Gasteiger partial charge in [-0.1, -0.05) is 23.2 Å². The van der Waals surface area contributed by atoms with Gasteiger partial charge in [0.05, 0.1) is 15.6 Å². The fourth-order valence-electron chi connectivity index (χ4n) is 2.15. The SMILES string of the molecule is Nc1cc(Cl)c(C(=O)Nc2ccnc(NC(=O)C3CC3)c2)c(Cl)c1. The zero-order chi connectivity index (χ0) is 17.3. The summed E-state index contributed by atoms with van der Waals surface area (Å²) in [6.07, 6.45) is 3.29. The summed E-state index contributed by atoms with van der Waals surface area (Å²) in [6.45, 7) is 0. The molecule has 2 aromatic rings. The molecular formula is C16H14Cl2N4O2. The largest absolute Gasteiger partial charge is 0.399 e. The second-order valence-electron chi connectivity index (χ2n) is 5.51. The number of aromatic nitrogens is 1. The van der Waals surface area contributed by atoms with E-state index in [9.17, 15) is 9.59 Å². The van der Waals surface area contributed by atoms with E-state index >= 15 is 0 Å². The number of carbonyl (C=O) groups is 2. The van der Waals surface area contributed by atoms with E-state index in [1.54, 1.807) is 12.1 Å². The Morgan fingerprint density at radius 1 is 1.12 bits per heavy atom. The van der Waals surface area contributed by atoms with Crippen molar-refractivity contribution >= 4 is 52.2 Å². The fraction of sp³-hybridized carbons (Fsp3) is 0.188. The number of nitrogens with two attached hydrogens (primary N) is 1. The molecule has 1 fully saturated rings. The van der Waals surface area contributed by atoms with Crippen LogP contribution in [0.5, 0.6) is 0 Å². The van der Waals surface area contributed by atoms with Crippen molar-refractivity contribution in [1.29, 1.82) is 0 Å². The molecule has 1 aromatic heterocycles. The Labute approximate surface area is 148 Å². The van der Waals surface area contributed by atoms with Crippen molar-refractivity contribution in [2.24, 2.45) is 5.92 Å². The van der Waals surface area contributed by atoms with Crippen LogP contribution in [0.15, 0.2) is 30.5 Å². The van der Waals surface area contributed by atoms with E-state index in [4.69, 9.17) is 28.9 Å². The highest BCUT2D eigenvalue weighted by Crippen LogP contribution is 2.31. The molecule has 124 valence electrons. The predicted molar refractivity (Wildman–Crippen MR) is 94.4 cm³/mol. The van der Waals surface area contributed by atoms with Gasteiger partial charge in [0, 0.05) is 29.6 Å². The van der Waals surface area contributed by atoms with E-state index in [1.807, 2.05) is 0 Å². The Bertz CT molecular complexity index is 798. The van der Waals surface area contributed by atoms with Gasteiger partial charge in [-0.2, -0.15) is 0 Å². The summed E-state index contributed by atoms with van der Waals surface area (Å²) in [4.78, 5) is 28.2. The second kappa shape index (κ2) is 6.67. The minimum Gasteiger partial charge on any atom is -0.399 e. The average Bonchev–Trinajstić information content (AvgIpc) is 3.30. The Kier molecular flexibility index (Phi) is 4.59. The smallest absolute Gasteiger partial charge is 0.258 e. The van der Waals surface area contributed by atoms with E-state index in [0.29, 0.717) is 17.2 Å². The Morgan fingerprint density at radius 3 is 2.42 bits per heavy atom. The van der Waals surface area contributed by atoms with Crippen LogP contribution in [0.25, 0.3) is 0 Å². The molecule has 1 heterocycles. The summed E-state index contributed by atoms with van der Waals surface area (Å²) >= 11 is 12.1. The van der Waals surface area contributed by atoms with E-state index in [0.717, 1.165) is 12.8 Å². The van der Waals surface area contributed by atoms with Crippen LogP contribution >= 0.6 is 23.2 Å². The van der Waals surface area contributed by atoms with Crippen molar-refractivity contribution in [3.8, 4) is 0 Å². The normalized spacial score (nSPS) is 13.4. The van der Waals surface area contributed by atoms with Gasteiger partial charge >= 0.3 is 0 Å². The number of nitrogens with one attached hydrogen (secondary N) is 2. The lowest BCUT2D eigenvalue weighted by Crippen LogP contribution is -2.16. The van der Waals surface area contributed by atoms with Crippen molar-refractivity contribution in [3.63, 3.8) is 0 Å². The van der Waals surface area contributed by atoms with E-state index in [-0.39, 0.29) is 27.4 Å². The molecule has 0 bridgehead atoms. The van der Waals surface area contributed by atoms with Gasteiger partial charge in [-0.3, -0.25) is 9.59 Å². The minimum absolute atomic E-state index is 0.0596. The number of hydrogen-bond donors (Lipinski definition) is 3. The highest BCUT2D eigenvalue weighted by atomic mass is 35.5. The molecule has 1 aliphatic carbocycles. The molecule has 0 radical (unpaired) electrons. The quantitative estimate of drug-likeness (QED) is 0.722. The van der Waals surface area contributed by atoms with Gasteiger partial charge in [-0.25, -0.2) is 4.98 Å². The third-order valence-electron chi connectivity index (χ3n) is 3.51. The molecule has 8 heteroatoms. The third-order valence-corrected chi connectivity index (χ3v) is 4.10. The molecule has 24 heavy (non-hydrogen) atoms. The van der Waals surface area contributed by atoms with Gasteiger partial charge in [0.25, 0.3) is 5.91 Å². The van der Waals surface area contributed by atoms with Crippen LogP contribution < -0.4 is 16.4 Å². The lowest BCUT2D eigenvalue weighted by Gasteiger charge is -2.10. The summed E-state index contributed by atoms with van der Waals surface area (Å²) in [6, 6.07) is 6.08. The summed E-state index contributed by atoms with van der Waals surface area (Å²) in [5.74, 6) is -0.0945. The molecule has 3 rings (SSSR count). The van der Waals surface area contributed by atoms with Crippen molar-refractivity contribution in [1.82, 2.24) is 4.98 Å². The molecule has 0 aliphatic heterocycles. The predicted octanol–water partition coefficient (Wildman–Crippen LogP) is 3.57. The highest BCUT2D eigenvalue weighted by Gasteiger charge is 2.29. The van der Waals surface area contributed by atoms with Crippen LogP contribution in [0.3, 0.4) is 0 Å². The maximum Gasteiger partial charge on any atom is 0.258 e. The molecule has 0 atom stereocenters. The number of benzene rings is 1. The third kappa shape index (κ3) is 3.77. The van der Waals surface area contributed by atoms with Crippen molar-refractivity contribution < 1.29 is 9.59 Å². The molecule has 1 aliphatic rings. The Morgan fingerprint density at radius 2 is 1.79 bits per heavy atom. The van der Waals surface area contributed by atoms with Gasteiger partial charge in [-0.05, 0) is 31.0 Å². The zero-order valence-electron chi connectivity index (χ0n) is 12.5. The van der Waals surface area contributed by atoms with E-state index in [1.165, 1.54) is 18.3 Å². The Balaban J connectivity index is 1.76. The first-order valence-electron chi connectivity index (χ1n) is 7.27. The van der Waals surface area contributed by atoms with Crippen LogP contribution in [0, 0.1) is 5.92 Å². The van der Waals surface area contributed by atoms with Crippen LogP contribution in [0.4, 0.5) is 17.2 Å². The van der Waals surface area contributed by atoms with Crippen LogP contribution in [0.1, 0.15) is 23.2 Å². The number of anilines is 3. The summed E-state index contributed by atoms with van der Waals surface area (Å²) in [7, 11) is 0. The molecule has 0 spiro atoms. The van der Waals surface area contributed by atoms with Crippen molar-refractivity contribution in [3.05, 3.63) is 46.1 Å². The molecule has 6 nitrogen and oxygen atoms in total. The standard InChI is InChI=1S/C16H14Cl2N4O2/c17-11-5-9(19)6-12(18)14(11)16(24)21-10-3-4-20-13(7-10)22-15(23)8-1-2-8/h3-8H,1-2,19H2,(H2,20,21,22,23,24). The van der Waals surface area contributed by atoms with Gasteiger partial charge in [-0.15, -0.1) is 0 Å². The van der Waals surface area contributed by atoms with Gasteiger partial charge in [0.1, 0.15) is 5.82 Å². The lowest BCUT2D eigenvalue weighted by molar-refractivity contribution is -0.117. The molecule has 2 amide bonds. The molecule has 0 saturated heterocycles. The zero-order valence-corrected chi connectivity index (χ0v) is 14.0. The first-order valence-corrected chi connectivity index (χ1v) is 8.02. The van der Waals surface area contributed by atoms with Crippen molar-refractivity contribution in [2.45, 2.75) is 12.8 Å². The van der Waals surface area contributed by atoms with Gasteiger partial charge in [0.2, 0.25) is 5.91 Å². The summed E-state index contributed by atoms with van der Waals surface area (Å²) in [5, 5.41) is 5.72. The first-order chi connectivity index (χ1) is 11.4. The monoisotopic (exact) mass is 364 g/mol. The van der Waals surface area contributed by atoms with Gasteiger partial charge < -0.3 is 16.4 Å². The average molecular weight is 365 g/mol. The maximum atomic E-state index is 12.4. The fourth-order valence-corrected chi connectivity index (χ4v) is 2.83. The maximum absolute atomic E-state index is 12.4. The minimum atomic E-state index is -0.476. The molecule has 1 saturated carbocycles. The number of pyridine rings is 1. The van der Waals surface area contributed by atoms with Crippen LogP contribution in [-0.2, 0) is 4.79 Å². The molecular weight excluding hydrogens is 351 g/mol. The van der Waals surface area contributed by atoms with Crippen molar-refractivity contribution in [2.75, 3.05) is 16.4 Å². The lowest BCUT2D eigenvalue weighted by atomic mass is 10.2. The van der Waals surface area contributed by atoms with Crippen LogP contribution in [0.2, 0.25) is 10.0 Å². The number of nitrogens with zero attached hydrogens (tertiary/aromatic N) is 1. The molecule has 0 unspecified atom stereocenters. The molecule has 4 N–H and O–H groups in total. The number of nitrogen functional groups attached to an aromatic ring is 1. The van der Waals surface area contributed by atoms with Gasteiger partial charge in [0.15, 0.2) is 0 Å². The number of rotatable bonds is 4. The van der Waals surface area contributed by atoms with Crippen LogP contribution in [-0.4, -0.2) is 16.8 Å². The summed E-state index contributed by atoms with van der Waals surface area (Å²) in [5.41, 5.74) is 6.59.